The maximum Gasteiger partial charge on any atom is 0.231 e. The topological polar surface area (TPSA) is 72.5 Å². The lowest BCUT2D eigenvalue weighted by Crippen LogP contribution is -2.22. The summed E-state index contributed by atoms with van der Waals surface area (Å²) in [5.74, 6) is 1.30. The van der Waals surface area contributed by atoms with E-state index in [0.29, 0.717) is 23.6 Å². The van der Waals surface area contributed by atoms with Crippen LogP contribution in [0.4, 0.5) is 5.69 Å². The predicted molar refractivity (Wildman–Crippen MR) is 82.4 cm³/mol. The molecule has 22 heavy (non-hydrogen) atoms. The summed E-state index contributed by atoms with van der Waals surface area (Å²) in [6, 6.07) is 5.38. The predicted octanol–water partition coefficient (Wildman–Crippen LogP) is 1.70. The summed E-state index contributed by atoms with van der Waals surface area (Å²) < 4.78 is 10.6. The number of ether oxygens (including phenoxy) is 2. The van der Waals surface area contributed by atoms with Crippen LogP contribution in [0.1, 0.15) is 15.6 Å². The summed E-state index contributed by atoms with van der Waals surface area (Å²) in [4.78, 5) is 18.0. The first-order chi connectivity index (χ1) is 10.8. The molecule has 2 aliphatic heterocycles. The molecule has 1 aromatic heterocycles. The Morgan fingerprint density at radius 3 is 3.18 bits per heavy atom. The van der Waals surface area contributed by atoms with E-state index < -0.39 is 0 Å². The van der Waals surface area contributed by atoms with E-state index in [2.05, 4.69) is 15.6 Å². The van der Waals surface area contributed by atoms with E-state index in [4.69, 9.17) is 9.47 Å². The number of nitrogens with one attached hydrogen (secondary N) is 2. The third-order valence-corrected chi connectivity index (χ3v) is 4.71. The number of thiazole rings is 1. The van der Waals surface area contributed by atoms with Gasteiger partial charge in [-0.15, -0.1) is 11.3 Å². The van der Waals surface area contributed by atoms with Crippen molar-refractivity contribution in [3.8, 4) is 11.5 Å². The van der Waals surface area contributed by atoms with Gasteiger partial charge in [0.25, 0.3) is 0 Å². The van der Waals surface area contributed by atoms with E-state index in [1.807, 2.05) is 6.07 Å². The highest BCUT2D eigenvalue weighted by atomic mass is 32.1. The first kappa shape index (κ1) is 13.5. The lowest BCUT2D eigenvalue weighted by atomic mass is 10.2. The van der Waals surface area contributed by atoms with Crippen molar-refractivity contribution < 1.29 is 14.3 Å². The highest BCUT2D eigenvalue weighted by Gasteiger charge is 2.17. The molecule has 4 rings (SSSR count). The van der Waals surface area contributed by atoms with Gasteiger partial charge in [0, 0.05) is 36.1 Å². The molecular weight excluding hydrogens is 302 g/mol. The van der Waals surface area contributed by atoms with E-state index in [9.17, 15) is 4.79 Å². The van der Waals surface area contributed by atoms with Gasteiger partial charge in [-0.05, 0) is 12.1 Å². The smallest absolute Gasteiger partial charge is 0.231 e. The van der Waals surface area contributed by atoms with Gasteiger partial charge >= 0.3 is 0 Å². The Balaban J connectivity index is 1.43. The molecule has 0 spiro atoms. The Morgan fingerprint density at radius 1 is 1.36 bits per heavy atom. The summed E-state index contributed by atoms with van der Waals surface area (Å²) >= 11 is 1.62. The zero-order chi connectivity index (χ0) is 14.9. The fourth-order valence-electron chi connectivity index (χ4n) is 2.57. The maximum absolute atomic E-state index is 12.2. The standard InChI is InChI=1S/C15H15N3O3S/c19-14(6-15-18-10-3-4-16-7-13(10)22-15)17-9-1-2-11-12(5-9)21-8-20-11/h1-2,5,16H,3-4,6-8H2,(H,17,19). The average Bonchev–Trinajstić information content (AvgIpc) is 3.11. The van der Waals surface area contributed by atoms with Gasteiger partial charge in [0.05, 0.1) is 12.1 Å². The fraction of sp³-hybridized carbons (Fsp3) is 0.333. The van der Waals surface area contributed by atoms with Crippen LogP contribution in [0.25, 0.3) is 0 Å². The molecule has 0 saturated carbocycles. The Hall–Kier alpha value is -2.12. The molecule has 1 aromatic carbocycles. The van der Waals surface area contributed by atoms with E-state index in [1.165, 1.54) is 4.88 Å². The van der Waals surface area contributed by atoms with Crippen molar-refractivity contribution in [2.24, 2.45) is 0 Å². The lowest BCUT2D eigenvalue weighted by molar-refractivity contribution is -0.115. The van der Waals surface area contributed by atoms with Crippen LogP contribution in [-0.4, -0.2) is 24.2 Å². The fourth-order valence-corrected chi connectivity index (χ4v) is 3.65. The number of carbonyl (C=O) groups excluding carboxylic acids is 1. The molecule has 1 amide bonds. The Morgan fingerprint density at radius 2 is 2.27 bits per heavy atom. The third-order valence-electron chi connectivity index (χ3n) is 3.61. The summed E-state index contributed by atoms with van der Waals surface area (Å²) in [7, 11) is 0. The molecule has 2 N–H and O–H groups in total. The molecule has 114 valence electrons. The highest BCUT2D eigenvalue weighted by molar-refractivity contribution is 7.11. The van der Waals surface area contributed by atoms with Crippen molar-refractivity contribution in [1.82, 2.24) is 10.3 Å². The largest absolute Gasteiger partial charge is 0.454 e. The van der Waals surface area contributed by atoms with E-state index >= 15 is 0 Å². The molecule has 3 heterocycles. The minimum absolute atomic E-state index is 0.0714. The first-order valence-corrected chi connectivity index (χ1v) is 7.97. The molecule has 0 fully saturated rings. The SMILES string of the molecule is O=C(Cc1nc2c(s1)CNCC2)Nc1ccc2c(c1)OCO2. The van der Waals surface area contributed by atoms with Gasteiger partial charge in [-0.25, -0.2) is 4.98 Å². The van der Waals surface area contributed by atoms with Gasteiger partial charge in [-0.1, -0.05) is 0 Å². The third kappa shape index (κ3) is 2.65. The molecule has 2 aromatic rings. The maximum atomic E-state index is 12.2. The number of hydrogen-bond acceptors (Lipinski definition) is 6. The van der Waals surface area contributed by atoms with Gasteiger partial charge in [-0.3, -0.25) is 4.79 Å². The van der Waals surface area contributed by atoms with Crippen LogP contribution >= 0.6 is 11.3 Å². The number of amides is 1. The molecule has 0 atom stereocenters. The van der Waals surface area contributed by atoms with Crippen molar-refractivity contribution >= 4 is 22.9 Å². The van der Waals surface area contributed by atoms with E-state index in [1.54, 1.807) is 23.5 Å². The minimum atomic E-state index is -0.0714. The average molecular weight is 317 g/mol. The van der Waals surface area contributed by atoms with Crippen LogP contribution in [0.15, 0.2) is 18.2 Å². The number of fused-ring (bicyclic) bond motifs is 2. The molecule has 7 heteroatoms. The monoisotopic (exact) mass is 317 g/mol. The summed E-state index contributed by atoms with van der Waals surface area (Å²) in [6.07, 6.45) is 1.24. The molecule has 6 nitrogen and oxygen atoms in total. The van der Waals surface area contributed by atoms with Crippen molar-refractivity contribution in [3.05, 3.63) is 33.8 Å². The van der Waals surface area contributed by atoms with E-state index in [0.717, 1.165) is 30.2 Å². The van der Waals surface area contributed by atoms with Crippen LogP contribution in [0.5, 0.6) is 11.5 Å². The van der Waals surface area contributed by atoms with Crippen LogP contribution in [0.3, 0.4) is 0 Å². The van der Waals surface area contributed by atoms with Gasteiger partial charge in [0.1, 0.15) is 5.01 Å². The zero-order valence-corrected chi connectivity index (χ0v) is 12.7. The normalized spacial score (nSPS) is 15.5. The molecule has 0 bridgehead atoms. The van der Waals surface area contributed by atoms with Crippen LogP contribution in [0, 0.1) is 0 Å². The second-order valence-corrected chi connectivity index (χ2v) is 6.37. The number of nitrogens with zero attached hydrogens (tertiary/aromatic N) is 1. The molecule has 0 saturated heterocycles. The Bertz CT molecular complexity index is 705. The summed E-state index contributed by atoms with van der Waals surface area (Å²) in [6.45, 7) is 2.04. The first-order valence-electron chi connectivity index (χ1n) is 7.15. The van der Waals surface area contributed by atoms with Gasteiger partial charge in [0.2, 0.25) is 12.7 Å². The van der Waals surface area contributed by atoms with Crippen molar-refractivity contribution in [2.45, 2.75) is 19.4 Å². The van der Waals surface area contributed by atoms with Gasteiger partial charge < -0.3 is 20.1 Å². The number of aromatic nitrogens is 1. The van der Waals surface area contributed by atoms with Crippen LogP contribution < -0.4 is 20.1 Å². The number of benzene rings is 1. The second kappa shape index (κ2) is 5.58. The van der Waals surface area contributed by atoms with Crippen molar-refractivity contribution in [3.63, 3.8) is 0 Å². The van der Waals surface area contributed by atoms with Gasteiger partial charge in [0.15, 0.2) is 11.5 Å². The van der Waals surface area contributed by atoms with E-state index in [-0.39, 0.29) is 12.7 Å². The number of hydrogen-bond donors (Lipinski definition) is 2. The molecule has 0 radical (unpaired) electrons. The van der Waals surface area contributed by atoms with Crippen LogP contribution in [-0.2, 0) is 24.2 Å². The van der Waals surface area contributed by atoms with Gasteiger partial charge in [-0.2, -0.15) is 0 Å². The molecule has 0 aliphatic carbocycles. The Labute approximate surface area is 131 Å². The number of carbonyl (C=O) groups is 1. The lowest BCUT2D eigenvalue weighted by Gasteiger charge is -2.09. The second-order valence-electron chi connectivity index (χ2n) is 5.20. The molecule has 0 unspecified atom stereocenters. The zero-order valence-electron chi connectivity index (χ0n) is 11.8. The number of rotatable bonds is 3. The van der Waals surface area contributed by atoms with Crippen molar-refractivity contribution in [2.75, 3.05) is 18.7 Å². The number of anilines is 1. The summed E-state index contributed by atoms with van der Waals surface area (Å²) in [5.41, 5.74) is 1.84. The Kier molecular flexibility index (Phi) is 3.44. The highest BCUT2D eigenvalue weighted by Crippen LogP contribution is 2.34. The van der Waals surface area contributed by atoms with Crippen molar-refractivity contribution in [1.29, 1.82) is 0 Å². The van der Waals surface area contributed by atoms with Crippen LogP contribution in [0.2, 0.25) is 0 Å². The quantitative estimate of drug-likeness (QED) is 0.901. The summed E-state index contributed by atoms with van der Waals surface area (Å²) in [5, 5.41) is 7.06. The molecule has 2 aliphatic rings. The molecular formula is C15H15N3O3S. The minimum Gasteiger partial charge on any atom is -0.454 e.